The quantitative estimate of drug-likeness (QED) is 0.119. The maximum Gasteiger partial charge on any atom is 0.514 e. The highest BCUT2D eigenvalue weighted by molar-refractivity contribution is 5.68. The van der Waals surface area contributed by atoms with Gasteiger partial charge in [-0.25, -0.2) is 9.18 Å². The lowest BCUT2D eigenvalue weighted by atomic mass is 10.00. The molecule has 0 spiro atoms. The molecule has 0 aliphatic rings. The molecular weight excluding hydrogens is 467 g/mol. The largest absolute Gasteiger partial charge is 0.514 e. The number of benzene rings is 2. The first-order valence-electron chi connectivity index (χ1n) is 12.2. The summed E-state index contributed by atoms with van der Waals surface area (Å²) in [5, 5.41) is 0. The van der Waals surface area contributed by atoms with E-state index in [0.717, 1.165) is 30.9 Å². The second-order valence-corrected chi connectivity index (χ2v) is 8.60. The molecule has 0 N–H and O–H groups in total. The number of halogens is 5. The van der Waals surface area contributed by atoms with Crippen molar-refractivity contribution in [3.05, 3.63) is 53.6 Å². The van der Waals surface area contributed by atoms with Crippen molar-refractivity contribution in [3.63, 3.8) is 0 Å². The number of hydrogen-bond donors (Lipinski definition) is 0. The minimum absolute atomic E-state index is 0.0505. The summed E-state index contributed by atoms with van der Waals surface area (Å²) in [6.07, 6.45) is -0.728. The number of alkyl halides is 3. The molecule has 2 aromatic carbocycles. The molecule has 35 heavy (non-hydrogen) atoms. The van der Waals surface area contributed by atoms with Crippen molar-refractivity contribution in [2.75, 3.05) is 0 Å². The van der Waals surface area contributed by atoms with Gasteiger partial charge in [-0.3, -0.25) is 0 Å². The van der Waals surface area contributed by atoms with Gasteiger partial charge in [0.05, 0.1) is 0 Å². The fraction of sp³-hybridized carbons (Fsp3) is 0.519. The molecule has 0 radical (unpaired) electrons. The fourth-order valence-electron chi connectivity index (χ4n) is 3.70. The maximum atomic E-state index is 14.7. The summed E-state index contributed by atoms with van der Waals surface area (Å²) in [6, 6.07) is 9.28. The van der Waals surface area contributed by atoms with E-state index in [1.54, 1.807) is 19.1 Å². The fourth-order valence-corrected chi connectivity index (χ4v) is 3.70. The molecule has 3 nitrogen and oxygen atoms in total. The van der Waals surface area contributed by atoms with Crippen LogP contribution in [-0.4, -0.2) is 18.4 Å². The molecule has 0 fully saturated rings. The van der Waals surface area contributed by atoms with Gasteiger partial charge in [0.25, 0.3) is 0 Å². The Morgan fingerprint density at radius 3 is 2.09 bits per heavy atom. The third-order valence-corrected chi connectivity index (χ3v) is 5.75. The first-order chi connectivity index (χ1) is 16.7. The van der Waals surface area contributed by atoms with E-state index < -0.39 is 42.2 Å². The average Bonchev–Trinajstić information content (AvgIpc) is 2.82. The van der Waals surface area contributed by atoms with Gasteiger partial charge in [-0.1, -0.05) is 76.6 Å². The van der Waals surface area contributed by atoms with Crippen LogP contribution in [0.25, 0.3) is 11.1 Å². The SMILES string of the molecule is CCCCCCCCc1ccc(-c2ccc(OC(=O)OC(CCCC)C(F)(F)F)c(F)c2F)cc1. The molecular formula is C27H33F5O3. The number of aryl methyl sites for hydroxylation is 1. The third-order valence-electron chi connectivity index (χ3n) is 5.75. The molecule has 0 bridgehead atoms. The predicted octanol–water partition coefficient (Wildman–Crippen LogP) is 9.17. The summed E-state index contributed by atoms with van der Waals surface area (Å²) >= 11 is 0. The van der Waals surface area contributed by atoms with E-state index in [2.05, 4.69) is 16.4 Å². The number of unbranched alkanes of at least 4 members (excludes halogenated alkanes) is 6. The topological polar surface area (TPSA) is 35.5 Å². The number of carbonyl (C=O) groups excluding carboxylic acids is 1. The molecule has 0 heterocycles. The molecule has 1 atom stereocenters. The normalized spacial score (nSPS) is 12.4. The van der Waals surface area contributed by atoms with Gasteiger partial charge in [-0.15, -0.1) is 0 Å². The van der Waals surface area contributed by atoms with E-state index in [1.807, 2.05) is 12.1 Å². The van der Waals surface area contributed by atoms with Crippen molar-refractivity contribution < 1.29 is 36.2 Å². The van der Waals surface area contributed by atoms with Gasteiger partial charge in [-0.05, 0) is 48.9 Å². The van der Waals surface area contributed by atoms with Crippen LogP contribution in [0.1, 0.15) is 77.2 Å². The second-order valence-electron chi connectivity index (χ2n) is 8.60. The Balaban J connectivity index is 2.01. The van der Waals surface area contributed by atoms with Gasteiger partial charge in [0.15, 0.2) is 11.6 Å². The Labute approximate surface area is 203 Å². The highest BCUT2D eigenvalue weighted by Gasteiger charge is 2.42. The van der Waals surface area contributed by atoms with Crippen LogP contribution in [0.15, 0.2) is 36.4 Å². The Kier molecular flexibility index (Phi) is 11.5. The van der Waals surface area contributed by atoms with Crippen molar-refractivity contribution in [1.82, 2.24) is 0 Å². The van der Waals surface area contributed by atoms with Crippen LogP contribution in [0.2, 0.25) is 0 Å². The number of carbonyl (C=O) groups is 1. The first kappa shape index (κ1) is 28.6. The monoisotopic (exact) mass is 500 g/mol. The standard InChI is InChI=1S/C27H33F5O3/c1-3-5-7-8-9-10-11-19-13-15-20(16-14-19)21-17-18-22(25(29)24(21)28)34-26(33)35-23(12-6-4-2)27(30,31)32/h13-18,23H,3-12H2,1-2H3. The summed E-state index contributed by atoms with van der Waals surface area (Å²) < 4.78 is 77.1. The van der Waals surface area contributed by atoms with Gasteiger partial charge in [0.2, 0.25) is 11.9 Å². The Morgan fingerprint density at radius 2 is 1.46 bits per heavy atom. The highest BCUT2D eigenvalue weighted by atomic mass is 19.4. The van der Waals surface area contributed by atoms with Crippen molar-refractivity contribution in [2.45, 2.75) is 90.3 Å². The number of rotatable bonds is 13. The number of ether oxygens (including phenoxy) is 2. The third kappa shape index (κ3) is 9.15. The lowest BCUT2D eigenvalue weighted by molar-refractivity contribution is -0.208. The first-order valence-corrected chi connectivity index (χ1v) is 12.2. The Morgan fingerprint density at radius 1 is 0.829 bits per heavy atom. The van der Waals surface area contributed by atoms with Crippen molar-refractivity contribution >= 4 is 6.16 Å². The van der Waals surface area contributed by atoms with Crippen LogP contribution < -0.4 is 4.74 Å². The molecule has 2 aromatic rings. The zero-order valence-corrected chi connectivity index (χ0v) is 20.2. The molecule has 0 saturated heterocycles. The van der Waals surface area contributed by atoms with E-state index >= 15 is 0 Å². The summed E-state index contributed by atoms with van der Waals surface area (Å²) in [5.74, 6) is -3.59. The van der Waals surface area contributed by atoms with E-state index in [0.29, 0.717) is 12.0 Å². The Bertz CT molecular complexity index is 926. The zero-order chi connectivity index (χ0) is 25.8. The minimum atomic E-state index is -4.79. The van der Waals surface area contributed by atoms with E-state index in [-0.39, 0.29) is 12.0 Å². The summed E-state index contributed by atoms with van der Waals surface area (Å²) in [4.78, 5) is 11.8. The van der Waals surface area contributed by atoms with E-state index in [9.17, 15) is 26.7 Å². The van der Waals surface area contributed by atoms with Gasteiger partial charge < -0.3 is 9.47 Å². The summed E-state index contributed by atoms with van der Waals surface area (Å²) in [6.45, 7) is 3.86. The minimum Gasteiger partial charge on any atom is -0.421 e. The lowest BCUT2D eigenvalue weighted by Crippen LogP contribution is -2.34. The smallest absolute Gasteiger partial charge is 0.421 e. The van der Waals surface area contributed by atoms with Crippen LogP contribution in [0.4, 0.5) is 26.7 Å². The van der Waals surface area contributed by atoms with Crippen molar-refractivity contribution in [3.8, 4) is 16.9 Å². The van der Waals surface area contributed by atoms with Crippen LogP contribution >= 0.6 is 0 Å². The van der Waals surface area contributed by atoms with E-state index in [4.69, 9.17) is 0 Å². The van der Waals surface area contributed by atoms with Crippen LogP contribution in [0, 0.1) is 11.6 Å². The molecule has 2 rings (SSSR count). The molecule has 0 saturated carbocycles. The van der Waals surface area contributed by atoms with Crippen molar-refractivity contribution in [2.24, 2.45) is 0 Å². The highest BCUT2D eigenvalue weighted by Crippen LogP contribution is 2.32. The van der Waals surface area contributed by atoms with Crippen LogP contribution in [0.3, 0.4) is 0 Å². The second kappa shape index (κ2) is 14.0. The average molecular weight is 501 g/mol. The summed E-state index contributed by atoms with van der Waals surface area (Å²) in [7, 11) is 0. The summed E-state index contributed by atoms with van der Waals surface area (Å²) in [5.41, 5.74) is 1.47. The van der Waals surface area contributed by atoms with Gasteiger partial charge in [-0.2, -0.15) is 17.6 Å². The molecule has 8 heteroatoms. The maximum absolute atomic E-state index is 14.7. The molecule has 1 unspecified atom stereocenters. The molecule has 0 aromatic heterocycles. The molecule has 0 aliphatic carbocycles. The molecule has 0 amide bonds. The van der Waals surface area contributed by atoms with Crippen LogP contribution in [0.5, 0.6) is 5.75 Å². The van der Waals surface area contributed by atoms with E-state index in [1.165, 1.54) is 31.7 Å². The van der Waals surface area contributed by atoms with Crippen molar-refractivity contribution in [1.29, 1.82) is 0 Å². The zero-order valence-electron chi connectivity index (χ0n) is 20.2. The van der Waals surface area contributed by atoms with Gasteiger partial charge in [0, 0.05) is 5.56 Å². The molecule has 0 aliphatic heterocycles. The van der Waals surface area contributed by atoms with Gasteiger partial charge >= 0.3 is 12.3 Å². The lowest BCUT2D eigenvalue weighted by Gasteiger charge is -2.20. The van der Waals surface area contributed by atoms with Gasteiger partial charge in [0.1, 0.15) is 0 Å². The van der Waals surface area contributed by atoms with Crippen LogP contribution in [-0.2, 0) is 11.2 Å². The molecule has 194 valence electrons. The Hall–Kier alpha value is -2.64. The number of hydrogen-bond acceptors (Lipinski definition) is 3. The predicted molar refractivity (Wildman–Crippen MR) is 125 cm³/mol.